The molecule has 1 aliphatic rings. The monoisotopic (exact) mass is 435 g/mol. The van der Waals surface area contributed by atoms with Crippen LogP contribution in [0.2, 0.25) is 5.02 Å². The van der Waals surface area contributed by atoms with Crippen LogP contribution in [-0.4, -0.2) is 25.7 Å². The van der Waals surface area contributed by atoms with Crippen LogP contribution in [0.3, 0.4) is 0 Å². The number of carbonyl (C=O) groups excluding carboxylic acids is 1. The zero-order chi connectivity index (χ0) is 19.7. The number of hydrogen-bond acceptors (Lipinski definition) is 6. The molecule has 0 saturated heterocycles. The van der Waals surface area contributed by atoms with Gasteiger partial charge in [0.05, 0.1) is 12.2 Å². The van der Waals surface area contributed by atoms with E-state index >= 15 is 0 Å². The van der Waals surface area contributed by atoms with Gasteiger partial charge in [0.25, 0.3) is 5.91 Å². The Morgan fingerprint density at radius 3 is 2.89 bits per heavy atom. The normalized spacial score (nSPS) is 13.5. The number of halogens is 1. The first kappa shape index (κ1) is 19.1. The average Bonchev–Trinajstić information content (AvgIpc) is 3.34. The number of aromatic nitrogens is 4. The lowest BCUT2D eigenvalue weighted by Crippen LogP contribution is -2.24. The molecule has 0 bridgehead atoms. The van der Waals surface area contributed by atoms with Gasteiger partial charge in [0, 0.05) is 11.1 Å². The number of ether oxygens (including phenoxy) is 1. The molecule has 2 N–H and O–H groups in total. The van der Waals surface area contributed by atoms with Crippen molar-refractivity contribution in [3.8, 4) is 5.75 Å². The fraction of sp³-hybridized carbons (Fsp3) is 0.333. The maximum Gasteiger partial charge on any atom is 0.263 e. The topological polar surface area (TPSA) is 84.8 Å². The third-order valence-electron chi connectivity index (χ3n) is 4.32. The smallest absolute Gasteiger partial charge is 0.263 e. The second-order valence-corrected chi connectivity index (χ2v) is 8.40. The van der Waals surface area contributed by atoms with Gasteiger partial charge in [-0.05, 0) is 56.2 Å². The first-order valence-corrected chi connectivity index (χ1v) is 10.4. The molecular weight excluding hydrogens is 418 g/mol. The first-order valence-electron chi connectivity index (χ1n) is 8.80. The highest BCUT2D eigenvalue weighted by Gasteiger charge is 2.27. The van der Waals surface area contributed by atoms with Gasteiger partial charge in [-0.3, -0.25) is 14.5 Å². The van der Waals surface area contributed by atoms with Gasteiger partial charge in [0.1, 0.15) is 22.2 Å². The predicted octanol–water partition coefficient (Wildman–Crippen LogP) is 4.20. The Morgan fingerprint density at radius 1 is 1.43 bits per heavy atom. The van der Waals surface area contributed by atoms with E-state index in [1.54, 1.807) is 24.3 Å². The maximum absolute atomic E-state index is 12.6. The molecule has 1 amide bonds. The van der Waals surface area contributed by atoms with Crippen molar-refractivity contribution in [1.82, 2.24) is 25.1 Å². The number of nitrogens with one attached hydrogen (secondary N) is 2. The summed E-state index contributed by atoms with van der Waals surface area (Å²) in [7, 11) is 0. The summed E-state index contributed by atoms with van der Waals surface area (Å²) < 4.78 is 8.29. The highest BCUT2D eigenvalue weighted by molar-refractivity contribution is 7.71. The number of carbonyl (C=O) groups is 1. The van der Waals surface area contributed by atoms with Gasteiger partial charge in [0.2, 0.25) is 0 Å². The second-order valence-electron chi connectivity index (χ2n) is 6.49. The molecule has 1 aliphatic carbocycles. The van der Waals surface area contributed by atoms with E-state index in [9.17, 15) is 4.79 Å². The molecule has 0 atom stereocenters. The van der Waals surface area contributed by atoms with Crippen molar-refractivity contribution in [2.24, 2.45) is 0 Å². The molecule has 4 rings (SSSR count). The van der Waals surface area contributed by atoms with E-state index in [1.807, 2.05) is 11.5 Å². The number of hydrogen-bond donors (Lipinski definition) is 2. The van der Waals surface area contributed by atoms with E-state index in [4.69, 9.17) is 28.6 Å². The number of aromatic amines is 1. The van der Waals surface area contributed by atoms with Crippen molar-refractivity contribution in [2.45, 2.75) is 39.0 Å². The molecule has 10 heteroatoms. The van der Waals surface area contributed by atoms with Crippen molar-refractivity contribution in [1.29, 1.82) is 0 Å². The molecule has 1 saturated carbocycles. The molecule has 0 spiro atoms. The highest BCUT2D eigenvalue weighted by atomic mass is 35.5. The van der Waals surface area contributed by atoms with Crippen molar-refractivity contribution < 1.29 is 9.53 Å². The summed E-state index contributed by atoms with van der Waals surface area (Å²) in [5, 5.41) is 11.3. The van der Waals surface area contributed by atoms with Gasteiger partial charge in [-0.15, -0.1) is 11.3 Å². The van der Waals surface area contributed by atoms with E-state index in [2.05, 4.69) is 20.5 Å². The summed E-state index contributed by atoms with van der Waals surface area (Å²) in [4.78, 5) is 17.6. The van der Waals surface area contributed by atoms with Gasteiger partial charge >= 0.3 is 0 Å². The average molecular weight is 436 g/mol. The number of nitrogens with zero attached hydrogens (tertiary/aromatic N) is 3. The largest absolute Gasteiger partial charge is 0.486 e. The number of benzene rings is 1. The van der Waals surface area contributed by atoms with E-state index < -0.39 is 0 Å². The van der Waals surface area contributed by atoms with Gasteiger partial charge in [-0.2, -0.15) is 5.10 Å². The Kier molecular flexibility index (Phi) is 5.47. The van der Waals surface area contributed by atoms with Crippen molar-refractivity contribution >= 4 is 41.1 Å². The number of H-pyrrole nitrogens is 1. The third kappa shape index (κ3) is 4.26. The summed E-state index contributed by atoms with van der Waals surface area (Å²) in [6, 6.07) is 7.52. The van der Waals surface area contributed by atoms with E-state index in [0.29, 0.717) is 45.3 Å². The Hall–Kier alpha value is -2.23. The van der Waals surface area contributed by atoms with Gasteiger partial charge in [-0.1, -0.05) is 11.6 Å². The minimum Gasteiger partial charge on any atom is -0.486 e. The fourth-order valence-electron chi connectivity index (χ4n) is 2.81. The molecule has 146 valence electrons. The van der Waals surface area contributed by atoms with Gasteiger partial charge in [0.15, 0.2) is 10.6 Å². The Labute approximate surface area is 175 Å². The minimum absolute atomic E-state index is 0.177. The summed E-state index contributed by atoms with van der Waals surface area (Å²) in [5.41, 5.74) is 0.679. The van der Waals surface area contributed by atoms with Crippen LogP contribution < -0.4 is 10.1 Å². The zero-order valence-electron chi connectivity index (χ0n) is 15.1. The summed E-state index contributed by atoms with van der Waals surface area (Å²) in [6.45, 7) is 2.43. The lowest BCUT2D eigenvalue weighted by molar-refractivity contribution is 0.0952. The zero-order valence-corrected chi connectivity index (χ0v) is 17.5. The van der Waals surface area contributed by atoms with Gasteiger partial charge < -0.3 is 10.1 Å². The number of amides is 1. The molecule has 0 unspecified atom stereocenters. The number of thiazole rings is 1. The summed E-state index contributed by atoms with van der Waals surface area (Å²) in [6.07, 6.45) is 2.19. The highest BCUT2D eigenvalue weighted by Crippen LogP contribution is 2.35. The van der Waals surface area contributed by atoms with Crippen LogP contribution in [0.1, 0.15) is 45.1 Å². The molecule has 0 radical (unpaired) electrons. The standard InChI is InChI=1S/C18H18ClN5O2S2/c1-10-16(28-15(21-10)9-26-13-6-2-11(19)3-7-13)17(25)20-8-14-22-23-18(27)24(14)12-4-5-12/h2-3,6-7,12H,4-5,8-9H2,1H3,(H,20,25)(H,23,27). The Balaban J connectivity index is 1.38. The molecule has 2 aromatic heterocycles. The van der Waals surface area contributed by atoms with E-state index in [0.717, 1.165) is 23.7 Å². The molecule has 1 aromatic carbocycles. The van der Waals surface area contributed by atoms with Crippen molar-refractivity contribution in [3.63, 3.8) is 0 Å². The molecule has 0 aliphatic heterocycles. The first-order chi connectivity index (χ1) is 13.5. The molecule has 3 aromatic rings. The van der Waals surface area contributed by atoms with E-state index in [1.165, 1.54) is 11.3 Å². The number of aryl methyl sites for hydroxylation is 1. The second kappa shape index (κ2) is 8.02. The molecule has 1 fully saturated rings. The molecule has 28 heavy (non-hydrogen) atoms. The predicted molar refractivity (Wildman–Crippen MR) is 109 cm³/mol. The summed E-state index contributed by atoms with van der Waals surface area (Å²) >= 11 is 12.5. The summed E-state index contributed by atoms with van der Waals surface area (Å²) in [5.74, 6) is 1.27. The Morgan fingerprint density at radius 2 is 2.18 bits per heavy atom. The lowest BCUT2D eigenvalue weighted by Gasteiger charge is -2.06. The molecule has 7 nitrogen and oxygen atoms in total. The van der Waals surface area contributed by atoms with Gasteiger partial charge in [-0.25, -0.2) is 4.98 Å². The van der Waals surface area contributed by atoms with Crippen LogP contribution in [0.4, 0.5) is 0 Å². The Bertz CT molecular complexity index is 1050. The van der Waals surface area contributed by atoms with Crippen molar-refractivity contribution in [2.75, 3.05) is 0 Å². The fourth-order valence-corrected chi connectivity index (χ4v) is 4.13. The van der Waals surface area contributed by atoms with E-state index in [-0.39, 0.29) is 5.91 Å². The molecule has 2 heterocycles. The SMILES string of the molecule is Cc1nc(COc2ccc(Cl)cc2)sc1C(=O)NCc1n[nH]c(=S)n1C1CC1. The molecular formula is C18H18ClN5O2S2. The quantitative estimate of drug-likeness (QED) is 0.543. The minimum atomic E-state index is -0.177. The maximum atomic E-state index is 12.6. The third-order valence-corrected chi connectivity index (χ3v) is 5.99. The van der Waals surface area contributed by atoms with Crippen LogP contribution in [0.15, 0.2) is 24.3 Å². The van der Waals surface area contributed by atoms with Crippen molar-refractivity contribution in [3.05, 3.63) is 55.5 Å². The van der Waals surface area contributed by atoms with Crippen LogP contribution in [0.25, 0.3) is 0 Å². The van der Waals surface area contributed by atoms with Crippen LogP contribution in [0.5, 0.6) is 5.75 Å². The number of rotatable bonds is 7. The van der Waals surface area contributed by atoms with Crippen LogP contribution >= 0.6 is 35.2 Å². The lowest BCUT2D eigenvalue weighted by atomic mass is 10.3. The van der Waals surface area contributed by atoms with Crippen LogP contribution in [-0.2, 0) is 13.2 Å². The van der Waals surface area contributed by atoms with Crippen LogP contribution in [0, 0.1) is 11.7 Å².